The number of benzene rings is 1. The van der Waals surface area contributed by atoms with Crippen LogP contribution < -0.4 is 0 Å². The summed E-state index contributed by atoms with van der Waals surface area (Å²) < 4.78 is 1.60. The summed E-state index contributed by atoms with van der Waals surface area (Å²) in [4.78, 5) is 25.7. The molecule has 0 spiro atoms. The molecular formula is C18H20ClN3O3. The third-order valence-electron chi connectivity index (χ3n) is 4.78. The summed E-state index contributed by atoms with van der Waals surface area (Å²) in [6.45, 7) is 3.01. The molecule has 1 saturated heterocycles. The van der Waals surface area contributed by atoms with Crippen LogP contribution in [0.5, 0.6) is 0 Å². The number of carboxylic acids is 1. The molecule has 132 valence electrons. The van der Waals surface area contributed by atoms with Gasteiger partial charge in [-0.3, -0.25) is 9.48 Å². The third-order valence-corrected chi connectivity index (χ3v) is 5.23. The van der Waals surface area contributed by atoms with E-state index in [4.69, 9.17) is 16.7 Å². The highest BCUT2D eigenvalue weighted by Gasteiger charge is 2.29. The van der Waals surface area contributed by atoms with Crippen molar-refractivity contribution in [1.82, 2.24) is 14.7 Å². The van der Waals surface area contributed by atoms with E-state index in [1.54, 1.807) is 34.8 Å². The molecule has 6 nitrogen and oxygen atoms in total. The molecule has 0 radical (unpaired) electrons. The number of carboxylic acid groups (broad SMARTS) is 1. The zero-order valence-electron chi connectivity index (χ0n) is 14.2. The lowest BCUT2D eigenvalue weighted by molar-refractivity contribution is 0.0685. The molecule has 1 unspecified atom stereocenters. The Morgan fingerprint density at radius 1 is 1.36 bits per heavy atom. The van der Waals surface area contributed by atoms with Crippen LogP contribution in [0.25, 0.3) is 0 Å². The molecule has 1 aromatic carbocycles. The van der Waals surface area contributed by atoms with Crippen molar-refractivity contribution >= 4 is 23.5 Å². The number of aromatic nitrogens is 2. The number of amides is 1. The van der Waals surface area contributed by atoms with Gasteiger partial charge < -0.3 is 10.0 Å². The molecule has 7 heteroatoms. The quantitative estimate of drug-likeness (QED) is 0.911. The highest BCUT2D eigenvalue weighted by atomic mass is 35.5. The van der Waals surface area contributed by atoms with Crippen LogP contribution in [0.3, 0.4) is 0 Å². The summed E-state index contributed by atoms with van der Waals surface area (Å²) in [5.41, 5.74) is 2.25. The number of hydrogen-bond donors (Lipinski definition) is 1. The smallest absolute Gasteiger partial charge is 0.335 e. The first-order valence-electron chi connectivity index (χ1n) is 8.20. The molecule has 1 atom stereocenters. The first kappa shape index (κ1) is 17.5. The van der Waals surface area contributed by atoms with Crippen molar-refractivity contribution in [2.75, 3.05) is 13.1 Å². The van der Waals surface area contributed by atoms with Gasteiger partial charge in [0.25, 0.3) is 5.91 Å². The van der Waals surface area contributed by atoms with Gasteiger partial charge in [0.2, 0.25) is 0 Å². The number of carbonyl (C=O) groups is 2. The van der Waals surface area contributed by atoms with Crippen molar-refractivity contribution in [2.24, 2.45) is 7.05 Å². The fraction of sp³-hybridized carbons (Fsp3) is 0.389. The van der Waals surface area contributed by atoms with Crippen molar-refractivity contribution in [2.45, 2.75) is 25.7 Å². The predicted molar refractivity (Wildman–Crippen MR) is 94.2 cm³/mol. The van der Waals surface area contributed by atoms with Crippen LogP contribution >= 0.6 is 11.6 Å². The second-order valence-corrected chi connectivity index (χ2v) is 6.77. The minimum atomic E-state index is -0.943. The van der Waals surface area contributed by atoms with E-state index >= 15 is 0 Å². The van der Waals surface area contributed by atoms with Gasteiger partial charge in [0.15, 0.2) is 5.69 Å². The average Bonchev–Trinajstić information content (AvgIpc) is 2.88. The van der Waals surface area contributed by atoms with E-state index in [0.29, 0.717) is 18.1 Å². The van der Waals surface area contributed by atoms with Gasteiger partial charge in [0, 0.05) is 26.1 Å². The standard InChI is InChI=1S/C18H20ClN3O3/c1-11-15(19)16(20-21(11)2)17(23)22-8-4-7-14(10-22)12-5-3-6-13(9-12)18(24)25/h3,5-6,9,14H,4,7-8,10H2,1-2H3,(H,24,25). The van der Waals surface area contributed by atoms with Crippen molar-refractivity contribution in [3.05, 3.63) is 51.8 Å². The number of piperidine rings is 1. The molecule has 25 heavy (non-hydrogen) atoms. The molecule has 1 fully saturated rings. The monoisotopic (exact) mass is 361 g/mol. The normalized spacial score (nSPS) is 17.6. The van der Waals surface area contributed by atoms with Crippen LogP contribution in [0.15, 0.2) is 24.3 Å². The second-order valence-electron chi connectivity index (χ2n) is 6.39. The number of rotatable bonds is 3. The fourth-order valence-electron chi connectivity index (χ4n) is 3.23. The molecule has 1 N–H and O–H groups in total. The number of hydrogen-bond acceptors (Lipinski definition) is 3. The fourth-order valence-corrected chi connectivity index (χ4v) is 3.47. The van der Waals surface area contributed by atoms with Crippen molar-refractivity contribution < 1.29 is 14.7 Å². The Bertz CT molecular complexity index is 831. The Hall–Kier alpha value is -2.34. The molecule has 0 bridgehead atoms. The Morgan fingerprint density at radius 2 is 2.12 bits per heavy atom. The van der Waals surface area contributed by atoms with Crippen LogP contribution in [0.1, 0.15) is 50.9 Å². The first-order valence-corrected chi connectivity index (χ1v) is 8.58. The van der Waals surface area contributed by atoms with Crippen molar-refractivity contribution in [1.29, 1.82) is 0 Å². The van der Waals surface area contributed by atoms with Gasteiger partial charge in [-0.05, 0) is 37.5 Å². The maximum Gasteiger partial charge on any atom is 0.335 e. The van der Waals surface area contributed by atoms with E-state index in [1.165, 1.54) is 0 Å². The predicted octanol–water partition coefficient (Wildman–Crippen LogP) is 3.10. The van der Waals surface area contributed by atoms with Gasteiger partial charge in [-0.1, -0.05) is 23.7 Å². The van der Waals surface area contributed by atoms with E-state index in [-0.39, 0.29) is 23.1 Å². The molecule has 0 aliphatic carbocycles. The van der Waals surface area contributed by atoms with E-state index in [0.717, 1.165) is 24.1 Å². The van der Waals surface area contributed by atoms with Crippen LogP contribution in [-0.4, -0.2) is 44.8 Å². The molecule has 1 aliphatic rings. The van der Waals surface area contributed by atoms with E-state index in [2.05, 4.69) is 5.10 Å². The third kappa shape index (κ3) is 3.39. The summed E-state index contributed by atoms with van der Waals surface area (Å²) in [7, 11) is 1.76. The molecule has 2 heterocycles. The SMILES string of the molecule is Cc1c(Cl)c(C(=O)N2CCCC(c3cccc(C(=O)O)c3)C2)nn1C. The zero-order valence-corrected chi connectivity index (χ0v) is 15.0. The van der Waals surface area contributed by atoms with Crippen molar-refractivity contribution in [3.63, 3.8) is 0 Å². The summed E-state index contributed by atoms with van der Waals surface area (Å²) in [6, 6.07) is 6.94. The number of carbonyl (C=O) groups excluding carboxylic acids is 1. The Morgan fingerprint density at radius 3 is 2.76 bits per heavy atom. The van der Waals surface area contributed by atoms with Gasteiger partial charge in [0.1, 0.15) is 0 Å². The van der Waals surface area contributed by atoms with E-state index in [1.807, 2.05) is 13.0 Å². The molecule has 1 aromatic heterocycles. The Balaban J connectivity index is 1.81. The van der Waals surface area contributed by atoms with Crippen molar-refractivity contribution in [3.8, 4) is 0 Å². The van der Waals surface area contributed by atoms with Gasteiger partial charge in [0.05, 0.1) is 16.3 Å². The average molecular weight is 362 g/mol. The Labute approximate surface area is 151 Å². The summed E-state index contributed by atoms with van der Waals surface area (Å²) in [5, 5.41) is 13.8. The number of nitrogens with zero attached hydrogens (tertiary/aromatic N) is 3. The maximum absolute atomic E-state index is 12.8. The highest BCUT2D eigenvalue weighted by molar-refractivity contribution is 6.34. The van der Waals surface area contributed by atoms with Crippen LogP contribution in [0.4, 0.5) is 0 Å². The van der Waals surface area contributed by atoms with Gasteiger partial charge in [-0.15, -0.1) is 0 Å². The van der Waals surface area contributed by atoms with Crippen LogP contribution in [-0.2, 0) is 7.05 Å². The number of likely N-dealkylation sites (tertiary alicyclic amines) is 1. The zero-order chi connectivity index (χ0) is 18.1. The molecular weight excluding hydrogens is 342 g/mol. The summed E-state index contributed by atoms with van der Waals surface area (Å²) in [6.07, 6.45) is 1.78. The van der Waals surface area contributed by atoms with Gasteiger partial charge in [-0.25, -0.2) is 4.79 Å². The lowest BCUT2D eigenvalue weighted by atomic mass is 9.89. The van der Waals surface area contributed by atoms with E-state index in [9.17, 15) is 9.59 Å². The van der Waals surface area contributed by atoms with Crippen LogP contribution in [0.2, 0.25) is 5.02 Å². The topological polar surface area (TPSA) is 75.4 Å². The van der Waals surface area contributed by atoms with Gasteiger partial charge in [-0.2, -0.15) is 5.10 Å². The lowest BCUT2D eigenvalue weighted by Gasteiger charge is -2.32. The number of aromatic carboxylic acids is 1. The molecule has 1 amide bonds. The minimum absolute atomic E-state index is 0.112. The van der Waals surface area contributed by atoms with E-state index < -0.39 is 5.97 Å². The first-order chi connectivity index (χ1) is 11.9. The van der Waals surface area contributed by atoms with Crippen LogP contribution in [0, 0.1) is 6.92 Å². The maximum atomic E-state index is 12.8. The molecule has 0 saturated carbocycles. The lowest BCUT2D eigenvalue weighted by Crippen LogP contribution is -2.39. The number of aryl methyl sites for hydroxylation is 1. The van der Waals surface area contributed by atoms with Gasteiger partial charge >= 0.3 is 5.97 Å². The minimum Gasteiger partial charge on any atom is -0.478 e. The number of halogens is 1. The second kappa shape index (κ2) is 6.88. The summed E-state index contributed by atoms with van der Waals surface area (Å²) >= 11 is 6.24. The highest BCUT2D eigenvalue weighted by Crippen LogP contribution is 2.29. The summed E-state index contributed by atoms with van der Waals surface area (Å²) in [5.74, 6) is -1.00. The Kier molecular flexibility index (Phi) is 4.81. The molecule has 2 aromatic rings. The molecule has 3 rings (SSSR count). The largest absolute Gasteiger partial charge is 0.478 e. The molecule has 1 aliphatic heterocycles.